The van der Waals surface area contributed by atoms with E-state index in [9.17, 15) is 0 Å². The molecule has 0 saturated heterocycles. The van der Waals surface area contributed by atoms with Gasteiger partial charge in [-0.2, -0.15) is 0 Å². The fourth-order valence-electron chi connectivity index (χ4n) is 2.56. The maximum absolute atomic E-state index is 6.37. The normalized spacial score (nSPS) is 23.9. The van der Waals surface area contributed by atoms with Crippen LogP contribution in [-0.4, -0.2) is 0 Å². The predicted molar refractivity (Wildman–Crippen MR) is 78.3 cm³/mol. The Morgan fingerprint density at radius 1 is 1.33 bits per heavy atom. The van der Waals surface area contributed by atoms with Gasteiger partial charge in [-0.05, 0) is 41.7 Å². The van der Waals surface area contributed by atoms with Crippen LogP contribution in [0.3, 0.4) is 0 Å². The van der Waals surface area contributed by atoms with Crippen LogP contribution >= 0.6 is 22.9 Å². The van der Waals surface area contributed by atoms with E-state index >= 15 is 0 Å². The van der Waals surface area contributed by atoms with Crippen LogP contribution < -0.4 is 5.73 Å². The number of halogens is 1. The zero-order chi connectivity index (χ0) is 12.7. The molecule has 0 bridgehead atoms. The first kappa shape index (κ1) is 12.2. The lowest BCUT2D eigenvalue weighted by Gasteiger charge is -2.10. The molecule has 3 heteroatoms. The summed E-state index contributed by atoms with van der Waals surface area (Å²) >= 11 is 7.99. The van der Waals surface area contributed by atoms with Crippen molar-refractivity contribution in [3.05, 3.63) is 56.7 Å². The lowest BCUT2D eigenvalue weighted by atomic mass is 10.0. The van der Waals surface area contributed by atoms with Gasteiger partial charge in [0.05, 0.1) is 5.02 Å². The van der Waals surface area contributed by atoms with Crippen molar-refractivity contribution in [2.45, 2.75) is 25.3 Å². The molecule has 0 amide bonds. The fourth-order valence-corrected chi connectivity index (χ4v) is 3.96. The maximum atomic E-state index is 6.37. The average Bonchev–Trinajstić information content (AvgIpc) is 3.13. The second-order valence-corrected chi connectivity index (χ2v) is 6.33. The molecule has 3 unspecified atom stereocenters. The van der Waals surface area contributed by atoms with Crippen molar-refractivity contribution in [1.82, 2.24) is 0 Å². The third-order valence-corrected chi connectivity index (χ3v) is 5.57. The van der Waals surface area contributed by atoms with Crippen molar-refractivity contribution in [1.29, 1.82) is 0 Å². The van der Waals surface area contributed by atoms with Crippen molar-refractivity contribution in [2.24, 2.45) is 11.7 Å². The van der Waals surface area contributed by atoms with Gasteiger partial charge in [0.25, 0.3) is 0 Å². The molecule has 1 aliphatic rings. The highest BCUT2D eigenvalue weighted by Gasteiger charge is 2.43. The second-order valence-electron chi connectivity index (χ2n) is 5.04. The van der Waals surface area contributed by atoms with Crippen LogP contribution in [0.2, 0.25) is 5.02 Å². The Morgan fingerprint density at radius 3 is 2.67 bits per heavy atom. The first-order valence-electron chi connectivity index (χ1n) is 6.22. The second kappa shape index (κ2) is 4.69. The minimum atomic E-state index is 0.0846. The number of aryl methyl sites for hydroxylation is 1. The molecule has 1 aromatic carbocycles. The van der Waals surface area contributed by atoms with E-state index in [0.29, 0.717) is 11.8 Å². The van der Waals surface area contributed by atoms with Crippen molar-refractivity contribution >= 4 is 22.9 Å². The van der Waals surface area contributed by atoms with Gasteiger partial charge in [-0.15, -0.1) is 11.3 Å². The Hall–Kier alpha value is -0.830. The lowest BCUT2D eigenvalue weighted by Crippen LogP contribution is -2.12. The first-order valence-corrected chi connectivity index (χ1v) is 7.48. The first-order chi connectivity index (χ1) is 8.68. The largest absolute Gasteiger partial charge is 0.323 e. The monoisotopic (exact) mass is 277 g/mol. The van der Waals surface area contributed by atoms with E-state index in [1.807, 2.05) is 6.92 Å². The molecule has 1 heterocycles. The molecule has 3 rings (SSSR count). The Bertz CT molecular complexity index is 549. The highest BCUT2D eigenvalue weighted by molar-refractivity contribution is 7.10. The zero-order valence-corrected chi connectivity index (χ0v) is 11.8. The summed E-state index contributed by atoms with van der Waals surface area (Å²) in [6.07, 6.45) is 1.18. The van der Waals surface area contributed by atoms with Crippen LogP contribution in [0.15, 0.2) is 35.7 Å². The van der Waals surface area contributed by atoms with Crippen LogP contribution in [-0.2, 0) is 0 Å². The SMILES string of the molecule is Cc1csc(C(N)C2CC2c2ccccc2)c1Cl. The molecule has 1 nitrogen and oxygen atoms in total. The summed E-state index contributed by atoms with van der Waals surface area (Å²) in [6.45, 7) is 2.04. The number of hydrogen-bond acceptors (Lipinski definition) is 2. The molecule has 1 aliphatic carbocycles. The van der Waals surface area contributed by atoms with E-state index in [1.165, 1.54) is 12.0 Å². The fraction of sp³-hybridized carbons (Fsp3) is 0.333. The maximum Gasteiger partial charge on any atom is 0.0590 e. The molecule has 94 valence electrons. The minimum absolute atomic E-state index is 0.0846. The Morgan fingerprint density at radius 2 is 2.06 bits per heavy atom. The summed E-state index contributed by atoms with van der Waals surface area (Å²) in [6, 6.07) is 10.7. The molecular weight excluding hydrogens is 262 g/mol. The number of benzene rings is 1. The van der Waals surface area contributed by atoms with Crippen molar-refractivity contribution < 1.29 is 0 Å². The molecule has 1 fully saturated rings. The molecule has 0 aliphatic heterocycles. The summed E-state index contributed by atoms with van der Waals surface area (Å²) in [5.74, 6) is 1.16. The summed E-state index contributed by atoms with van der Waals surface area (Å²) in [5, 5.41) is 2.96. The standard InChI is InChI=1S/C15H16ClNS/c1-9-8-18-15(13(9)16)14(17)12-7-11(12)10-5-3-2-4-6-10/h2-6,8,11-12,14H,7,17H2,1H3. The quantitative estimate of drug-likeness (QED) is 0.877. The van der Waals surface area contributed by atoms with Crippen LogP contribution in [0.5, 0.6) is 0 Å². The molecule has 2 aromatic rings. The van der Waals surface area contributed by atoms with E-state index < -0.39 is 0 Å². The number of rotatable bonds is 3. The predicted octanol–water partition coefficient (Wildman–Crippen LogP) is 4.51. The van der Waals surface area contributed by atoms with Crippen LogP contribution in [0.25, 0.3) is 0 Å². The molecule has 0 spiro atoms. The molecule has 18 heavy (non-hydrogen) atoms. The molecular formula is C15H16ClNS. The molecule has 0 radical (unpaired) electrons. The van der Waals surface area contributed by atoms with Gasteiger partial charge in [-0.1, -0.05) is 41.9 Å². The number of nitrogens with two attached hydrogens (primary N) is 1. The van der Waals surface area contributed by atoms with Gasteiger partial charge < -0.3 is 5.73 Å². The van der Waals surface area contributed by atoms with Gasteiger partial charge >= 0.3 is 0 Å². The van der Waals surface area contributed by atoms with Gasteiger partial charge in [-0.3, -0.25) is 0 Å². The zero-order valence-electron chi connectivity index (χ0n) is 10.3. The van der Waals surface area contributed by atoms with E-state index in [4.69, 9.17) is 17.3 Å². The number of thiophene rings is 1. The lowest BCUT2D eigenvalue weighted by molar-refractivity contribution is 0.626. The van der Waals surface area contributed by atoms with Crippen molar-refractivity contribution in [2.75, 3.05) is 0 Å². The number of hydrogen-bond donors (Lipinski definition) is 1. The summed E-state index contributed by atoms with van der Waals surface area (Å²) in [7, 11) is 0. The van der Waals surface area contributed by atoms with Crippen LogP contribution in [0, 0.1) is 12.8 Å². The third kappa shape index (κ3) is 2.09. The molecule has 3 atom stereocenters. The van der Waals surface area contributed by atoms with Gasteiger partial charge in [0.2, 0.25) is 0 Å². The van der Waals surface area contributed by atoms with Crippen LogP contribution in [0.4, 0.5) is 0 Å². The van der Waals surface area contributed by atoms with E-state index in [1.54, 1.807) is 11.3 Å². The molecule has 2 N–H and O–H groups in total. The van der Waals surface area contributed by atoms with Gasteiger partial charge in [0.1, 0.15) is 0 Å². The minimum Gasteiger partial charge on any atom is -0.323 e. The smallest absolute Gasteiger partial charge is 0.0590 e. The van der Waals surface area contributed by atoms with E-state index in [0.717, 1.165) is 15.5 Å². The van der Waals surface area contributed by atoms with E-state index in [2.05, 4.69) is 35.7 Å². The third-order valence-electron chi connectivity index (χ3n) is 3.76. The Balaban J connectivity index is 1.77. The van der Waals surface area contributed by atoms with Crippen LogP contribution in [0.1, 0.15) is 34.4 Å². The highest BCUT2D eigenvalue weighted by Crippen LogP contribution is 2.54. The highest BCUT2D eigenvalue weighted by atomic mass is 35.5. The average molecular weight is 278 g/mol. The Labute approximate surface area is 117 Å². The van der Waals surface area contributed by atoms with Gasteiger partial charge in [-0.25, -0.2) is 0 Å². The topological polar surface area (TPSA) is 26.0 Å². The summed E-state index contributed by atoms with van der Waals surface area (Å²) in [4.78, 5) is 1.15. The van der Waals surface area contributed by atoms with Crippen molar-refractivity contribution in [3.8, 4) is 0 Å². The van der Waals surface area contributed by atoms with Gasteiger partial charge in [0.15, 0.2) is 0 Å². The molecule has 1 aromatic heterocycles. The Kier molecular flexibility index (Phi) is 3.18. The summed E-state index contributed by atoms with van der Waals surface area (Å²) in [5.41, 5.74) is 8.92. The van der Waals surface area contributed by atoms with E-state index in [-0.39, 0.29) is 6.04 Å². The van der Waals surface area contributed by atoms with Gasteiger partial charge in [0, 0.05) is 10.9 Å². The van der Waals surface area contributed by atoms with Crippen molar-refractivity contribution in [3.63, 3.8) is 0 Å². The molecule has 1 saturated carbocycles. The summed E-state index contributed by atoms with van der Waals surface area (Å²) < 4.78 is 0.